The van der Waals surface area contributed by atoms with Crippen LogP contribution in [0.15, 0.2) is 24.5 Å². The lowest BCUT2D eigenvalue weighted by Gasteiger charge is -2.14. The van der Waals surface area contributed by atoms with E-state index in [0.29, 0.717) is 18.0 Å². The predicted octanol–water partition coefficient (Wildman–Crippen LogP) is 1.60. The molecule has 0 unspecified atom stereocenters. The number of aromatic amines is 1. The molecule has 0 aliphatic rings. The molecule has 0 spiro atoms. The Hall–Kier alpha value is -2.01. The number of aromatic nitrogens is 2. The van der Waals surface area contributed by atoms with Crippen molar-refractivity contribution in [1.82, 2.24) is 10.2 Å². The predicted molar refractivity (Wildman–Crippen MR) is 69.9 cm³/mol. The first-order chi connectivity index (χ1) is 8.80. The van der Waals surface area contributed by atoms with Gasteiger partial charge in [0.05, 0.1) is 20.4 Å². The molecule has 1 heterocycles. The highest BCUT2D eigenvalue weighted by molar-refractivity contribution is 5.74. The Balaban J connectivity index is 2.57. The van der Waals surface area contributed by atoms with Gasteiger partial charge in [0.25, 0.3) is 0 Å². The molecule has 0 amide bonds. The molecule has 18 heavy (non-hydrogen) atoms. The first-order valence-electron chi connectivity index (χ1n) is 5.74. The maximum absolute atomic E-state index is 5.60. The van der Waals surface area contributed by atoms with Crippen molar-refractivity contribution in [2.24, 2.45) is 5.73 Å². The zero-order chi connectivity index (χ0) is 13.0. The number of ether oxygens (including phenoxy) is 2. The fourth-order valence-corrected chi connectivity index (χ4v) is 1.95. The van der Waals surface area contributed by atoms with E-state index in [1.54, 1.807) is 20.4 Å². The molecule has 5 nitrogen and oxygen atoms in total. The molecular formula is C13H17N3O2. The average molecular weight is 247 g/mol. The smallest absolute Gasteiger partial charge is 0.168 e. The van der Waals surface area contributed by atoms with Gasteiger partial charge in [0.15, 0.2) is 11.5 Å². The Labute approximate surface area is 106 Å². The maximum atomic E-state index is 5.60. The largest absolute Gasteiger partial charge is 0.493 e. The van der Waals surface area contributed by atoms with Crippen LogP contribution in [-0.2, 0) is 6.42 Å². The minimum atomic E-state index is 0.598. The molecule has 96 valence electrons. The molecule has 3 N–H and O–H groups in total. The summed E-state index contributed by atoms with van der Waals surface area (Å²) in [6.45, 7) is 0.598. The number of nitrogens with two attached hydrogens (primary N) is 1. The van der Waals surface area contributed by atoms with Crippen molar-refractivity contribution in [3.8, 4) is 22.6 Å². The first-order valence-corrected chi connectivity index (χ1v) is 5.74. The number of nitrogens with zero attached hydrogens (tertiary/aromatic N) is 1. The van der Waals surface area contributed by atoms with E-state index in [1.165, 1.54) is 0 Å². The van der Waals surface area contributed by atoms with Gasteiger partial charge in [-0.15, -0.1) is 0 Å². The zero-order valence-corrected chi connectivity index (χ0v) is 10.6. The minimum Gasteiger partial charge on any atom is -0.493 e. The number of benzene rings is 1. The molecule has 0 aliphatic carbocycles. The fourth-order valence-electron chi connectivity index (χ4n) is 1.95. The van der Waals surface area contributed by atoms with Crippen LogP contribution in [0.2, 0.25) is 0 Å². The molecular weight excluding hydrogens is 230 g/mol. The topological polar surface area (TPSA) is 73.2 Å². The normalized spacial score (nSPS) is 10.4. The summed E-state index contributed by atoms with van der Waals surface area (Å²) in [4.78, 5) is 0. The molecule has 2 rings (SSSR count). The maximum Gasteiger partial charge on any atom is 0.168 e. The number of nitrogens with one attached hydrogen (secondary N) is 1. The van der Waals surface area contributed by atoms with Crippen LogP contribution in [0.3, 0.4) is 0 Å². The van der Waals surface area contributed by atoms with E-state index in [4.69, 9.17) is 15.2 Å². The van der Waals surface area contributed by atoms with Gasteiger partial charge in [-0.2, -0.15) is 5.10 Å². The van der Waals surface area contributed by atoms with Crippen molar-refractivity contribution in [1.29, 1.82) is 0 Å². The lowest BCUT2D eigenvalue weighted by molar-refractivity contribution is 0.355. The van der Waals surface area contributed by atoms with Crippen molar-refractivity contribution in [3.63, 3.8) is 0 Å². The van der Waals surface area contributed by atoms with Crippen molar-refractivity contribution < 1.29 is 9.47 Å². The standard InChI is InChI=1S/C13H17N3O2/c1-17-12-6-9(3-4-14)5-11(13(12)18-2)10-7-15-16-8-10/h5-8H,3-4,14H2,1-2H3,(H,15,16). The SMILES string of the molecule is COc1cc(CCN)cc(-c2cn[nH]c2)c1OC. The zero-order valence-electron chi connectivity index (χ0n) is 10.6. The third kappa shape index (κ3) is 2.31. The summed E-state index contributed by atoms with van der Waals surface area (Å²) in [5.74, 6) is 1.42. The summed E-state index contributed by atoms with van der Waals surface area (Å²) in [7, 11) is 3.26. The van der Waals surface area contributed by atoms with E-state index >= 15 is 0 Å². The summed E-state index contributed by atoms with van der Waals surface area (Å²) in [6.07, 6.45) is 4.37. The highest BCUT2D eigenvalue weighted by Gasteiger charge is 2.14. The van der Waals surface area contributed by atoms with Gasteiger partial charge in [-0.05, 0) is 30.7 Å². The first kappa shape index (κ1) is 12.4. The van der Waals surface area contributed by atoms with Gasteiger partial charge in [-0.1, -0.05) is 0 Å². The van der Waals surface area contributed by atoms with E-state index in [9.17, 15) is 0 Å². The third-order valence-corrected chi connectivity index (χ3v) is 2.78. The second-order valence-electron chi connectivity index (χ2n) is 3.90. The van der Waals surface area contributed by atoms with Gasteiger partial charge in [-0.3, -0.25) is 5.10 Å². The Morgan fingerprint density at radius 2 is 2.11 bits per heavy atom. The molecule has 0 radical (unpaired) electrons. The van der Waals surface area contributed by atoms with E-state index in [-0.39, 0.29) is 0 Å². The van der Waals surface area contributed by atoms with Crippen molar-refractivity contribution >= 4 is 0 Å². The van der Waals surface area contributed by atoms with Gasteiger partial charge >= 0.3 is 0 Å². The molecule has 0 saturated heterocycles. The molecule has 1 aromatic carbocycles. The van der Waals surface area contributed by atoms with Crippen LogP contribution in [-0.4, -0.2) is 31.0 Å². The monoisotopic (exact) mass is 247 g/mol. The van der Waals surface area contributed by atoms with Crippen LogP contribution in [0.1, 0.15) is 5.56 Å². The number of hydrogen-bond donors (Lipinski definition) is 2. The van der Waals surface area contributed by atoms with E-state index in [2.05, 4.69) is 16.3 Å². The molecule has 5 heteroatoms. The molecule has 0 bridgehead atoms. The van der Waals surface area contributed by atoms with Gasteiger partial charge < -0.3 is 15.2 Å². The molecule has 2 aromatic rings. The molecule has 1 aromatic heterocycles. The van der Waals surface area contributed by atoms with Crippen LogP contribution in [0.5, 0.6) is 11.5 Å². The van der Waals surface area contributed by atoms with Crippen LogP contribution < -0.4 is 15.2 Å². The van der Waals surface area contributed by atoms with Gasteiger partial charge in [0.1, 0.15) is 0 Å². The number of rotatable bonds is 5. The highest BCUT2D eigenvalue weighted by atomic mass is 16.5. The van der Waals surface area contributed by atoms with Crippen molar-refractivity contribution in [3.05, 3.63) is 30.1 Å². The lowest BCUT2D eigenvalue weighted by Crippen LogP contribution is -2.04. The highest BCUT2D eigenvalue weighted by Crippen LogP contribution is 2.38. The minimum absolute atomic E-state index is 0.598. The van der Waals surface area contributed by atoms with Crippen LogP contribution in [0.25, 0.3) is 11.1 Å². The van der Waals surface area contributed by atoms with E-state index < -0.39 is 0 Å². The Bertz CT molecular complexity index is 509. The molecule has 0 fully saturated rings. The van der Waals surface area contributed by atoms with Crippen LogP contribution in [0.4, 0.5) is 0 Å². The van der Waals surface area contributed by atoms with Gasteiger partial charge in [0.2, 0.25) is 0 Å². The van der Waals surface area contributed by atoms with Crippen molar-refractivity contribution in [2.45, 2.75) is 6.42 Å². The van der Waals surface area contributed by atoms with Crippen LogP contribution in [0, 0.1) is 0 Å². The third-order valence-electron chi connectivity index (χ3n) is 2.78. The van der Waals surface area contributed by atoms with Crippen molar-refractivity contribution in [2.75, 3.05) is 20.8 Å². The van der Waals surface area contributed by atoms with Crippen LogP contribution >= 0.6 is 0 Å². The van der Waals surface area contributed by atoms with Gasteiger partial charge in [0, 0.05) is 17.3 Å². The number of H-pyrrole nitrogens is 1. The fraction of sp³-hybridized carbons (Fsp3) is 0.308. The Kier molecular flexibility index (Phi) is 3.84. The summed E-state index contributed by atoms with van der Waals surface area (Å²) in [6, 6.07) is 4.01. The summed E-state index contributed by atoms with van der Waals surface area (Å²) >= 11 is 0. The Morgan fingerprint density at radius 1 is 1.28 bits per heavy atom. The van der Waals surface area contributed by atoms with Gasteiger partial charge in [-0.25, -0.2) is 0 Å². The number of hydrogen-bond acceptors (Lipinski definition) is 4. The molecule has 0 aliphatic heterocycles. The van der Waals surface area contributed by atoms with E-state index in [0.717, 1.165) is 23.1 Å². The number of methoxy groups -OCH3 is 2. The lowest BCUT2D eigenvalue weighted by atomic mass is 10.0. The summed E-state index contributed by atoms with van der Waals surface area (Å²) in [5.41, 5.74) is 8.63. The summed E-state index contributed by atoms with van der Waals surface area (Å²) < 4.78 is 10.8. The summed E-state index contributed by atoms with van der Waals surface area (Å²) in [5, 5.41) is 6.76. The average Bonchev–Trinajstić information content (AvgIpc) is 2.91. The second-order valence-corrected chi connectivity index (χ2v) is 3.90. The molecule has 0 atom stereocenters. The van der Waals surface area contributed by atoms with E-state index in [1.807, 2.05) is 12.3 Å². The quantitative estimate of drug-likeness (QED) is 0.841. The Morgan fingerprint density at radius 3 is 2.67 bits per heavy atom. The molecule has 0 saturated carbocycles. The second kappa shape index (κ2) is 5.55.